The third kappa shape index (κ3) is 5.19. The van der Waals surface area contributed by atoms with Crippen LogP contribution >= 0.6 is 0 Å². The number of nitrogens with zero attached hydrogens (tertiary/aromatic N) is 1. The minimum absolute atomic E-state index is 0.264. The van der Waals surface area contributed by atoms with Crippen molar-refractivity contribution in [2.45, 2.75) is 40.2 Å². The molecule has 0 heterocycles. The molecule has 1 aromatic rings. The molecule has 0 amide bonds. The van der Waals surface area contributed by atoms with Gasteiger partial charge in [-0.15, -0.1) is 0 Å². The number of aliphatic hydroxyl groups is 1. The molecule has 2 nitrogen and oxygen atoms in total. The highest BCUT2D eigenvalue weighted by Crippen LogP contribution is 2.18. The molecule has 0 saturated heterocycles. The first-order valence-electron chi connectivity index (χ1n) is 6.77. The van der Waals surface area contributed by atoms with Gasteiger partial charge in [0.25, 0.3) is 0 Å². The van der Waals surface area contributed by atoms with Crippen LogP contribution in [-0.2, 0) is 6.42 Å². The fraction of sp³-hybridized carbons (Fsp3) is 0.625. The Labute approximate surface area is 112 Å². The van der Waals surface area contributed by atoms with Crippen molar-refractivity contribution >= 4 is 0 Å². The summed E-state index contributed by atoms with van der Waals surface area (Å²) >= 11 is 0. The number of likely N-dealkylation sites (N-methyl/N-ethyl adjacent to an activating group) is 1. The number of hydrogen-bond donors (Lipinski definition) is 1. The van der Waals surface area contributed by atoms with Crippen molar-refractivity contribution in [3.8, 4) is 0 Å². The summed E-state index contributed by atoms with van der Waals surface area (Å²) in [5.74, 6) is 0. The van der Waals surface area contributed by atoms with Gasteiger partial charge in [0.05, 0.1) is 6.10 Å². The Morgan fingerprint density at radius 1 is 1.17 bits per heavy atom. The second-order valence-electron chi connectivity index (χ2n) is 6.37. The molecule has 1 atom stereocenters. The number of rotatable bonds is 5. The van der Waals surface area contributed by atoms with Crippen molar-refractivity contribution in [2.75, 3.05) is 20.1 Å². The maximum absolute atomic E-state index is 10.2. The summed E-state index contributed by atoms with van der Waals surface area (Å²) in [6.07, 6.45) is 0.642. The van der Waals surface area contributed by atoms with Crippen LogP contribution in [0.5, 0.6) is 0 Å². The van der Waals surface area contributed by atoms with E-state index in [-0.39, 0.29) is 5.41 Å². The zero-order valence-electron chi connectivity index (χ0n) is 12.4. The highest BCUT2D eigenvalue weighted by molar-refractivity contribution is 5.24. The van der Waals surface area contributed by atoms with E-state index in [1.165, 1.54) is 5.56 Å². The summed E-state index contributed by atoms with van der Waals surface area (Å²) in [6, 6.07) is 8.27. The lowest BCUT2D eigenvalue weighted by Gasteiger charge is -2.28. The van der Waals surface area contributed by atoms with E-state index < -0.39 is 6.10 Å². The standard InChI is InChI=1S/C16H27NO/c1-6-13-7-9-14(10-8-13)15(18)11-17(5)12-16(2,3)4/h7-10,15,18H,6,11-12H2,1-5H3. The molecular formula is C16H27NO. The fourth-order valence-electron chi connectivity index (χ4n) is 2.25. The average molecular weight is 249 g/mol. The van der Waals surface area contributed by atoms with Crippen LogP contribution in [0.4, 0.5) is 0 Å². The van der Waals surface area contributed by atoms with E-state index in [2.05, 4.69) is 51.8 Å². The monoisotopic (exact) mass is 249 g/mol. The van der Waals surface area contributed by atoms with Crippen LogP contribution in [0.1, 0.15) is 44.9 Å². The third-order valence-electron chi connectivity index (χ3n) is 3.00. The van der Waals surface area contributed by atoms with Crippen molar-refractivity contribution < 1.29 is 5.11 Å². The van der Waals surface area contributed by atoms with Gasteiger partial charge in [-0.25, -0.2) is 0 Å². The first-order chi connectivity index (χ1) is 8.31. The molecule has 0 fully saturated rings. The number of benzene rings is 1. The van der Waals surface area contributed by atoms with Crippen LogP contribution in [0, 0.1) is 5.41 Å². The molecule has 2 heteroatoms. The summed E-state index contributed by atoms with van der Waals surface area (Å²) in [4.78, 5) is 2.19. The molecule has 0 aliphatic rings. The molecule has 0 bridgehead atoms. The third-order valence-corrected chi connectivity index (χ3v) is 3.00. The van der Waals surface area contributed by atoms with Gasteiger partial charge < -0.3 is 10.0 Å². The lowest BCUT2D eigenvalue weighted by atomic mass is 9.96. The molecule has 0 radical (unpaired) electrons. The molecule has 102 valence electrons. The maximum Gasteiger partial charge on any atom is 0.0916 e. The SMILES string of the molecule is CCc1ccc(C(O)CN(C)CC(C)(C)C)cc1. The number of hydrogen-bond acceptors (Lipinski definition) is 2. The van der Waals surface area contributed by atoms with Crippen molar-refractivity contribution in [3.05, 3.63) is 35.4 Å². The Bertz CT molecular complexity index is 350. The maximum atomic E-state index is 10.2. The quantitative estimate of drug-likeness (QED) is 0.866. The molecule has 0 spiro atoms. The van der Waals surface area contributed by atoms with Crippen LogP contribution in [0.3, 0.4) is 0 Å². The molecule has 0 aliphatic carbocycles. The molecule has 1 aromatic carbocycles. The predicted molar refractivity (Wildman–Crippen MR) is 77.7 cm³/mol. The van der Waals surface area contributed by atoms with E-state index in [4.69, 9.17) is 0 Å². The lowest BCUT2D eigenvalue weighted by molar-refractivity contribution is 0.108. The van der Waals surface area contributed by atoms with Crippen LogP contribution in [0.2, 0.25) is 0 Å². The van der Waals surface area contributed by atoms with Crippen LogP contribution < -0.4 is 0 Å². The van der Waals surface area contributed by atoms with Gasteiger partial charge >= 0.3 is 0 Å². The van der Waals surface area contributed by atoms with Gasteiger partial charge in [0.2, 0.25) is 0 Å². The normalized spacial score (nSPS) is 13.9. The van der Waals surface area contributed by atoms with E-state index in [1.807, 2.05) is 12.1 Å². The van der Waals surface area contributed by atoms with E-state index in [1.54, 1.807) is 0 Å². The van der Waals surface area contributed by atoms with E-state index in [0.29, 0.717) is 6.54 Å². The van der Waals surface area contributed by atoms with Crippen LogP contribution in [0.25, 0.3) is 0 Å². The first kappa shape index (κ1) is 15.2. The van der Waals surface area contributed by atoms with Gasteiger partial charge in [0, 0.05) is 13.1 Å². The fourth-order valence-corrected chi connectivity index (χ4v) is 2.25. The Kier molecular flexibility index (Phi) is 5.36. The van der Waals surface area contributed by atoms with Crippen molar-refractivity contribution in [2.24, 2.45) is 5.41 Å². The Hall–Kier alpha value is -0.860. The molecule has 0 saturated carbocycles. The highest BCUT2D eigenvalue weighted by Gasteiger charge is 2.16. The number of aryl methyl sites for hydroxylation is 1. The minimum atomic E-state index is -0.400. The van der Waals surface area contributed by atoms with Gasteiger partial charge in [0.15, 0.2) is 0 Å². The van der Waals surface area contributed by atoms with Gasteiger partial charge in [-0.05, 0) is 30.0 Å². The second kappa shape index (κ2) is 6.35. The Balaban J connectivity index is 2.56. The van der Waals surface area contributed by atoms with Crippen LogP contribution in [0.15, 0.2) is 24.3 Å². The molecule has 0 aliphatic heterocycles. The van der Waals surface area contributed by atoms with E-state index >= 15 is 0 Å². The average Bonchev–Trinajstić information content (AvgIpc) is 2.26. The summed E-state index contributed by atoms with van der Waals surface area (Å²) in [6.45, 7) is 10.5. The summed E-state index contributed by atoms with van der Waals surface area (Å²) < 4.78 is 0. The first-order valence-corrected chi connectivity index (χ1v) is 6.77. The lowest BCUT2D eigenvalue weighted by Crippen LogP contribution is -2.32. The molecule has 0 aromatic heterocycles. The van der Waals surface area contributed by atoms with Gasteiger partial charge in [-0.1, -0.05) is 52.0 Å². The molecule has 1 unspecified atom stereocenters. The van der Waals surface area contributed by atoms with Gasteiger partial charge in [0.1, 0.15) is 0 Å². The van der Waals surface area contributed by atoms with Gasteiger partial charge in [-0.2, -0.15) is 0 Å². The zero-order valence-corrected chi connectivity index (χ0v) is 12.4. The summed E-state index contributed by atoms with van der Waals surface area (Å²) in [5, 5.41) is 10.2. The van der Waals surface area contributed by atoms with Crippen molar-refractivity contribution in [1.82, 2.24) is 4.90 Å². The van der Waals surface area contributed by atoms with E-state index in [9.17, 15) is 5.11 Å². The van der Waals surface area contributed by atoms with Crippen molar-refractivity contribution in [1.29, 1.82) is 0 Å². The second-order valence-corrected chi connectivity index (χ2v) is 6.37. The molecular weight excluding hydrogens is 222 g/mol. The summed E-state index contributed by atoms with van der Waals surface area (Å²) in [5.41, 5.74) is 2.59. The van der Waals surface area contributed by atoms with Gasteiger partial charge in [-0.3, -0.25) is 0 Å². The number of aliphatic hydroxyl groups excluding tert-OH is 1. The minimum Gasteiger partial charge on any atom is -0.387 e. The van der Waals surface area contributed by atoms with Crippen molar-refractivity contribution in [3.63, 3.8) is 0 Å². The zero-order chi connectivity index (χ0) is 13.8. The molecule has 1 rings (SSSR count). The summed E-state index contributed by atoms with van der Waals surface area (Å²) in [7, 11) is 2.06. The molecule has 18 heavy (non-hydrogen) atoms. The highest BCUT2D eigenvalue weighted by atomic mass is 16.3. The topological polar surface area (TPSA) is 23.5 Å². The Morgan fingerprint density at radius 2 is 1.72 bits per heavy atom. The van der Waals surface area contributed by atoms with Crippen LogP contribution in [-0.4, -0.2) is 30.1 Å². The predicted octanol–water partition coefficient (Wildman–Crippen LogP) is 3.26. The smallest absolute Gasteiger partial charge is 0.0916 e. The Morgan fingerprint density at radius 3 is 2.17 bits per heavy atom. The largest absolute Gasteiger partial charge is 0.387 e. The van der Waals surface area contributed by atoms with E-state index in [0.717, 1.165) is 18.5 Å². The molecule has 1 N–H and O–H groups in total.